The van der Waals surface area contributed by atoms with Crippen molar-refractivity contribution >= 4 is 22.6 Å². The zero-order valence-corrected chi connectivity index (χ0v) is 8.19. The first-order chi connectivity index (χ1) is 5.86. The second-order valence-corrected chi connectivity index (χ2v) is 3.19. The average molecular weight is 272 g/mol. The van der Waals surface area contributed by atoms with E-state index in [9.17, 15) is 0 Å². The van der Waals surface area contributed by atoms with Crippen LogP contribution in [0.4, 0.5) is 0 Å². The third kappa shape index (κ3) is 1.45. The van der Waals surface area contributed by atoms with Crippen LogP contribution in [0, 0.1) is 3.83 Å². The molecule has 2 rings (SSSR count). The second-order valence-electron chi connectivity index (χ2n) is 2.16. The summed E-state index contributed by atoms with van der Waals surface area (Å²) in [6.45, 7) is 0. The van der Waals surface area contributed by atoms with E-state index in [1.165, 1.54) is 0 Å². The lowest BCUT2D eigenvalue weighted by atomic mass is 10.3. The molecule has 0 radical (unpaired) electrons. The first-order valence-corrected chi connectivity index (χ1v) is 4.43. The lowest BCUT2D eigenvalue weighted by Crippen LogP contribution is -1.83. The van der Waals surface area contributed by atoms with Gasteiger partial charge in [0, 0.05) is 28.8 Å². The van der Waals surface area contributed by atoms with Gasteiger partial charge in [-0.2, -0.15) is 5.10 Å². The summed E-state index contributed by atoms with van der Waals surface area (Å²) in [4.78, 5) is 8.25. The van der Waals surface area contributed by atoms with Crippen LogP contribution < -0.4 is 0 Å². The van der Waals surface area contributed by atoms with Crippen molar-refractivity contribution in [3.63, 3.8) is 0 Å². The summed E-state index contributed by atoms with van der Waals surface area (Å²) in [5.41, 5.74) is 0.789. The molecule has 0 aliphatic carbocycles. The SMILES string of the molecule is Ic1nc(-c2ccccn2)n[nH]1. The molecule has 0 bridgehead atoms. The zero-order chi connectivity index (χ0) is 8.39. The highest BCUT2D eigenvalue weighted by atomic mass is 127. The molecule has 12 heavy (non-hydrogen) atoms. The Morgan fingerprint density at radius 3 is 2.83 bits per heavy atom. The number of H-pyrrole nitrogens is 1. The Labute approximate surface area is 82.6 Å². The summed E-state index contributed by atoms with van der Waals surface area (Å²) in [6, 6.07) is 5.64. The molecular formula is C7H5IN4. The maximum Gasteiger partial charge on any atom is 0.200 e. The molecule has 1 N–H and O–H groups in total. The molecular weight excluding hydrogens is 267 g/mol. The van der Waals surface area contributed by atoms with Gasteiger partial charge in [-0.05, 0) is 12.1 Å². The molecule has 0 fully saturated rings. The number of halogens is 1. The Hall–Kier alpha value is -0.980. The van der Waals surface area contributed by atoms with Crippen LogP contribution in [-0.2, 0) is 0 Å². The number of pyridine rings is 1. The van der Waals surface area contributed by atoms with E-state index in [0.717, 1.165) is 9.53 Å². The number of hydrogen-bond donors (Lipinski definition) is 1. The van der Waals surface area contributed by atoms with Gasteiger partial charge in [-0.15, -0.1) is 0 Å². The van der Waals surface area contributed by atoms with Gasteiger partial charge in [-0.1, -0.05) is 6.07 Å². The lowest BCUT2D eigenvalue weighted by Gasteiger charge is -1.89. The van der Waals surface area contributed by atoms with E-state index < -0.39 is 0 Å². The fourth-order valence-corrected chi connectivity index (χ4v) is 1.20. The van der Waals surface area contributed by atoms with E-state index >= 15 is 0 Å². The highest BCUT2D eigenvalue weighted by molar-refractivity contribution is 14.1. The molecule has 0 aliphatic heterocycles. The van der Waals surface area contributed by atoms with Crippen molar-refractivity contribution in [2.24, 2.45) is 0 Å². The minimum atomic E-state index is 0.639. The summed E-state index contributed by atoms with van der Waals surface area (Å²) >= 11 is 2.07. The van der Waals surface area contributed by atoms with Crippen LogP contribution in [0.15, 0.2) is 24.4 Å². The monoisotopic (exact) mass is 272 g/mol. The van der Waals surface area contributed by atoms with Crippen LogP contribution in [-0.4, -0.2) is 20.2 Å². The van der Waals surface area contributed by atoms with E-state index in [1.807, 2.05) is 18.2 Å². The summed E-state index contributed by atoms with van der Waals surface area (Å²) < 4.78 is 0.772. The predicted octanol–water partition coefficient (Wildman–Crippen LogP) is 1.47. The first-order valence-electron chi connectivity index (χ1n) is 3.35. The minimum Gasteiger partial charge on any atom is -0.254 e. The van der Waals surface area contributed by atoms with Crippen LogP contribution in [0.1, 0.15) is 0 Å². The van der Waals surface area contributed by atoms with Crippen molar-refractivity contribution in [1.82, 2.24) is 20.2 Å². The Balaban J connectivity index is 2.45. The van der Waals surface area contributed by atoms with Crippen LogP contribution >= 0.6 is 22.6 Å². The molecule has 0 saturated heterocycles. The van der Waals surface area contributed by atoms with Crippen molar-refractivity contribution in [2.45, 2.75) is 0 Å². The van der Waals surface area contributed by atoms with E-state index in [4.69, 9.17) is 0 Å². The van der Waals surface area contributed by atoms with E-state index in [-0.39, 0.29) is 0 Å². The molecule has 0 aromatic carbocycles. The van der Waals surface area contributed by atoms with Crippen molar-refractivity contribution < 1.29 is 0 Å². The third-order valence-corrected chi connectivity index (χ3v) is 1.83. The highest BCUT2D eigenvalue weighted by Crippen LogP contribution is 2.10. The van der Waals surface area contributed by atoms with Crippen LogP contribution in [0.2, 0.25) is 0 Å². The fourth-order valence-electron chi connectivity index (χ4n) is 0.852. The quantitative estimate of drug-likeness (QED) is 0.800. The third-order valence-electron chi connectivity index (χ3n) is 1.35. The first kappa shape index (κ1) is 7.66. The van der Waals surface area contributed by atoms with Gasteiger partial charge >= 0.3 is 0 Å². The Morgan fingerprint density at radius 1 is 1.33 bits per heavy atom. The Bertz CT molecular complexity index is 370. The largest absolute Gasteiger partial charge is 0.254 e. The van der Waals surface area contributed by atoms with Gasteiger partial charge in [-0.3, -0.25) is 10.1 Å². The number of nitrogens with one attached hydrogen (secondary N) is 1. The standard InChI is InChI=1S/C7H5IN4/c8-7-10-6(11-12-7)5-3-1-2-4-9-5/h1-4H,(H,10,11,12). The van der Waals surface area contributed by atoms with E-state index in [2.05, 4.69) is 42.8 Å². The normalized spacial score (nSPS) is 10.1. The van der Waals surface area contributed by atoms with E-state index in [1.54, 1.807) is 6.20 Å². The van der Waals surface area contributed by atoms with Crippen LogP contribution in [0.5, 0.6) is 0 Å². The molecule has 0 aliphatic rings. The Morgan fingerprint density at radius 2 is 2.25 bits per heavy atom. The van der Waals surface area contributed by atoms with Crippen molar-refractivity contribution in [3.8, 4) is 11.5 Å². The molecule has 0 atom stereocenters. The highest BCUT2D eigenvalue weighted by Gasteiger charge is 2.02. The topological polar surface area (TPSA) is 54.5 Å². The van der Waals surface area contributed by atoms with Gasteiger partial charge in [0.05, 0.1) is 0 Å². The fraction of sp³-hybridized carbons (Fsp3) is 0. The van der Waals surface area contributed by atoms with Gasteiger partial charge in [0.1, 0.15) is 5.69 Å². The maximum atomic E-state index is 4.14. The van der Waals surface area contributed by atoms with Gasteiger partial charge in [0.2, 0.25) is 0 Å². The molecule has 0 amide bonds. The second kappa shape index (κ2) is 3.18. The number of nitrogens with zero attached hydrogens (tertiary/aromatic N) is 3. The van der Waals surface area contributed by atoms with Gasteiger partial charge in [-0.25, -0.2) is 4.98 Å². The summed E-state index contributed by atoms with van der Waals surface area (Å²) in [5, 5.41) is 6.73. The zero-order valence-electron chi connectivity index (χ0n) is 6.03. The maximum absolute atomic E-state index is 4.14. The van der Waals surface area contributed by atoms with Gasteiger partial charge in [0.15, 0.2) is 9.66 Å². The van der Waals surface area contributed by atoms with Crippen molar-refractivity contribution in [2.75, 3.05) is 0 Å². The number of hydrogen-bond acceptors (Lipinski definition) is 3. The number of aromatic nitrogens is 4. The van der Waals surface area contributed by atoms with Crippen molar-refractivity contribution in [3.05, 3.63) is 28.2 Å². The Kier molecular flexibility index (Phi) is 2.03. The smallest absolute Gasteiger partial charge is 0.200 e. The number of aromatic amines is 1. The molecule has 5 heteroatoms. The van der Waals surface area contributed by atoms with Crippen molar-refractivity contribution in [1.29, 1.82) is 0 Å². The summed E-state index contributed by atoms with van der Waals surface area (Å²) in [5.74, 6) is 0.639. The molecule has 0 unspecified atom stereocenters. The molecule has 2 heterocycles. The van der Waals surface area contributed by atoms with E-state index in [0.29, 0.717) is 5.82 Å². The minimum absolute atomic E-state index is 0.639. The van der Waals surface area contributed by atoms with Gasteiger partial charge < -0.3 is 0 Å². The van der Waals surface area contributed by atoms with Gasteiger partial charge in [0.25, 0.3) is 0 Å². The lowest BCUT2D eigenvalue weighted by molar-refractivity contribution is 1.06. The summed E-state index contributed by atoms with van der Waals surface area (Å²) in [7, 11) is 0. The molecule has 0 spiro atoms. The molecule has 4 nitrogen and oxygen atoms in total. The molecule has 0 saturated carbocycles. The molecule has 2 aromatic rings. The molecule has 2 aromatic heterocycles. The molecule has 60 valence electrons. The predicted molar refractivity (Wildman–Crippen MR) is 52.3 cm³/mol. The number of rotatable bonds is 1. The average Bonchev–Trinajstić information content (AvgIpc) is 2.54. The van der Waals surface area contributed by atoms with Crippen LogP contribution in [0.3, 0.4) is 0 Å². The summed E-state index contributed by atoms with van der Waals surface area (Å²) in [6.07, 6.45) is 1.72. The van der Waals surface area contributed by atoms with Crippen LogP contribution in [0.25, 0.3) is 11.5 Å².